The van der Waals surface area contributed by atoms with E-state index in [9.17, 15) is 0 Å². The summed E-state index contributed by atoms with van der Waals surface area (Å²) in [4.78, 5) is 2.71. The van der Waals surface area contributed by atoms with Crippen LogP contribution >= 0.6 is 0 Å². The molecular formula is C12H23N2. The highest BCUT2D eigenvalue weighted by Gasteiger charge is 2.20. The van der Waals surface area contributed by atoms with Gasteiger partial charge in [0.1, 0.15) is 0 Å². The number of rotatable bonds is 1. The molecule has 1 aliphatic heterocycles. The quantitative estimate of drug-likeness (QED) is 0.585. The Bertz CT molecular complexity index is 124. The maximum Gasteiger partial charge on any atom is 0.0261 e. The summed E-state index contributed by atoms with van der Waals surface area (Å²) in [6.45, 7) is 4.71. The molecule has 1 saturated heterocycles. The van der Waals surface area contributed by atoms with Gasteiger partial charge in [-0.25, -0.2) is 5.32 Å². The Morgan fingerprint density at radius 2 is 1.57 bits per heavy atom. The predicted octanol–water partition coefficient (Wildman–Crippen LogP) is 2.02. The van der Waals surface area contributed by atoms with Gasteiger partial charge >= 0.3 is 0 Å². The normalized spacial score (nSPS) is 28.3. The summed E-state index contributed by atoms with van der Waals surface area (Å²) in [5.74, 6) is 0. The molecule has 0 N–H and O–H groups in total. The SMILES string of the molecule is C1CCCC(N2CCC[N]CC2)CC1. The minimum Gasteiger partial charge on any atom is -0.299 e. The van der Waals surface area contributed by atoms with E-state index in [0.717, 1.165) is 19.1 Å². The standard InChI is InChI=1S/C12H23N2/c1-2-4-7-12(6-3-1)14-10-5-8-13-9-11-14/h12H,1-11H2. The molecule has 0 spiro atoms. The molecule has 2 rings (SSSR count). The average molecular weight is 195 g/mol. The van der Waals surface area contributed by atoms with Gasteiger partial charge in [0.2, 0.25) is 0 Å². The van der Waals surface area contributed by atoms with Crippen LogP contribution in [0.25, 0.3) is 0 Å². The smallest absolute Gasteiger partial charge is 0.0261 e. The van der Waals surface area contributed by atoms with Crippen molar-refractivity contribution >= 4 is 0 Å². The largest absolute Gasteiger partial charge is 0.299 e. The van der Waals surface area contributed by atoms with Crippen molar-refractivity contribution in [2.24, 2.45) is 0 Å². The molecule has 0 aromatic rings. The fourth-order valence-corrected chi connectivity index (χ4v) is 2.80. The molecule has 2 fully saturated rings. The topological polar surface area (TPSA) is 17.3 Å². The second-order valence-electron chi connectivity index (χ2n) is 4.71. The minimum absolute atomic E-state index is 0.894. The molecule has 0 atom stereocenters. The van der Waals surface area contributed by atoms with Gasteiger partial charge in [-0.05, 0) is 25.8 Å². The van der Waals surface area contributed by atoms with E-state index in [-0.39, 0.29) is 0 Å². The third-order valence-electron chi connectivity index (χ3n) is 3.65. The fraction of sp³-hybridized carbons (Fsp3) is 1.00. The van der Waals surface area contributed by atoms with Crippen LogP contribution in [0, 0.1) is 0 Å². The Morgan fingerprint density at radius 3 is 2.36 bits per heavy atom. The van der Waals surface area contributed by atoms with Crippen LogP contribution in [-0.2, 0) is 0 Å². The Labute approximate surface area is 88.1 Å². The summed E-state index contributed by atoms with van der Waals surface area (Å²) in [5.41, 5.74) is 0. The second kappa shape index (κ2) is 5.72. The van der Waals surface area contributed by atoms with Gasteiger partial charge in [0.05, 0.1) is 0 Å². The van der Waals surface area contributed by atoms with E-state index >= 15 is 0 Å². The monoisotopic (exact) mass is 195 g/mol. The lowest BCUT2D eigenvalue weighted by Gasteiger charge is -2.29. The van der Waals surface area contributed by atoms with Crippen molar-refractivity contribution in [2.45, 2.75) is 51.0 Å². The number of hydrogen-bond donors (Lipinski definition) is 0. The number of nitrogens with zero attached hydrogens (tertiary/aromatic N) is 2. The van der Waals surface area contributed by atoms with Crippen molar-refractivity contribution in [3.05, 3.63) is 0 Å². The van der Waals surface area contributed by atoms with Crippen LogP contribution in [0.15, 0.2) is 0 Å². The summed E-state index contributed by atoms with van der Waals surface area (Å²) in [6, 6.07) is 0.894. The van der Waals surface area contributed by atoms with Gasteiger partial charge < -0.3 is 0 Å². The van der Waals surface area contributed by atoms with Crippen molar-refractivity contribution in [1.29, 1.82) is 0 Å². The van der Waals surface area contributed by atoms with Gasteiger partial charge in [0, 0.05) is 25.7 Å². The maximum atomic E-state index is 4.50. The van der Waals surface area contributed by atoms with Gasteiger partial charge in [0.25, 0.3) is 0 Å². The van der Waals surface area contributed by atoms with E-state index in [2.05, 4.69) is 10.2 Å². The average Bonchev–Trinajstić information content (AvgIpc) is 2.62. The maximum absolute atomic E-state index is 4.50. The van der Waals surface area contributed by atoms with Crippen LogP contribution in [0.4, 0.5) is 0 Å². The zero-order chi connectivity index (χ0) is 9.64. The van der Waals surface area contributed by atoms with E-state index in [0.29, 0.717) is 0 Å². The summed E-state index contributed by atoms with van der Waals surface area (Å²) in [5, 5.41) is 4.50. The lowest BCUT2D eigenvalue weighted by Crippen LogP contribution is -2.37. The van der Waals surface area contributed by atoms with Crippen molar-refractivity contribution in [2.75, 3.05) is 26.2 Å². The van der Waals surface area contributed by atoms with Gasteiger partial charge in [-0.2, -0.15) is 0 Å². The molecule has 1 saturated carbocycles. The Hall–Kier alpha value is -0.0800. The first-order valence-corrected chi connectivity index (χ1v) is 6.34. The molecule has 2 heteroatoms. The van der Waals surface area contributed by atoms with Crippen molar-refractivity contribution in [3.8, 4) is 0 Å². The third-order valence-corrected chi connectivity index (χ3v) is 3.65. The molecule has 0 amide bonds. The molecular weight excluding hydrogens is 172 g/mol. The molecule has 81 valence electrons. The van der Waals surface area contributed by atoms with Gasteiger partial charge in [-0.15, -0.1) is 0 Å². The van der Waals surface area contributed by atoms with E-state index < -0.39 is 0 Å². The molecule has 14 heavy (non-hydrogen) atoms. The van der Waals surface area contributed by atoms with Gasteiger partial charge in [-0.3, -0.25) is 4.90 Å². The molecule has 0 bridgehead atoms. The fourth-order valence-electron chi connectivity index (χ4n) is 2.80. The molecule has 2 aliphatic rings. The van der Waals surface area contributed by atoms with Crippen molar-refractivity contribution < 1.29 is 0 Å². The number of hydrogen-bond acceptors (Lipinski definition) is 1. The highest BCUT2D eigenvalue weighted by Crippen LogP contribution is 2.22. The van der Waals surface area contributed by atoms with E-state index in [4.69, 9.17) is 0 Å². The highest BCUT2D eigenvalue weighted by atomic mass is 15.2. The highest BCUT2D eigenvalue weighted by molar-refractivity contribution is 4.77. The molecule has 0 unspecified atom stereocenters. The molecule has 2 nitrogen and oxygen atoms in total. The van der Waals surface area contributed by atoms with Crippen molar-refractivity contribution in [3.63, 3.8) is 0 Å². The van der Waals surface area contributed by atoms with Crippen LogP contribution < -0.4 is 5.32 Å². The Balaban J connectivity index is 1.83. The lowest BCUT2D eigenvalue weighted by molar-refractivity contribution is 0.190. The Morgan fingerprint density at radius 1 is 0.786 bits per heavy atom. The molecule has 1 heterocycles. The van der Waals surface area contributed by atoms with E-state index in [1.54, 1.807) is 0 Å². The summed E-state index contributed by atoms with van der Waals surface area (Å²) in [6.07, 6.45) is 10.0. The van der Waals surface area contributed by atoms with E-state index in [1.165, 1.54) is 58.0 Å². The predicted molar refractivity (Wildman–Crippen MR) is 59.5 cm³/mol. The van der Waals surface area contributed by atoms with Crippen LogP contribution in [0.2, 0.25) is 0 Å². The zero-order valence-corrected chi connectivity index (χ0v) is 9.25. The lowest BCUT2D eigenvalue weighted by atomic mass is 10.1. The summed E-state index contributed by atoms with van der Waals surface area (Å²) in [7, 11) is 0. The minimum atomic E-state index is 0.894. The molecule has 0 aromatic heterocycles. The first-order valence-electron chi connectivity index (χ1n) is 6.34. The van der Waals surface area contributed by atoms with Crippen LogP contribution in [0.1, 0.15) is 44.9 Å². The third kappa shape index (κ3) is 2.96. The first-order chi connectivity index (χ1) is 6.97. The Kier molecular flexibility index (Phi) is 4.26. The summed E-state index contributed by atoms with van der Waals surface area (Å²) < 4.78 is 0. The molecule has 1 radical (unpaired) electrons. The second-order valence-corrected chi connectivity index (χ2v) is 4.71. The molecule has 0 aromatic carbocycles. The van der Waals surface area contributed by atoms with Gasteiger partial charge in [-0.1, -0.05) is 25.7 Å². The van der Waals surface area contributed by atoms with Crippen LogP contribution in [-0.4, -0.2) is 37.1 Å². The van der Waals surface area contributed by atoms with Crippen LogP contribution in [0.5, 0.6) is 0 Å². The molecule has 1 aliphatic carbocycles. The van der Waals surface area contributed by atoms with Gasteiger partial charge in [0.15, 0.2) is 0 Å². The van der Waals surface area contributed by atoms with E-state index in [1.807, 2.05) is 0 Å². The summed E-state index contributed by atoms with van der Waals surface area (Å²) >= 11 is 0. The first kappa shape index (κ1) is 10.4. The van der Waals surface area contributed by atoms with Crippen LogP contribution in [0.3, 0.4) is 0 Å². The van der Waals surface area contributed by atoms with Crippen molar-refractivity contribution in [1.82, 2.24) is 10.2 Å². The zero-order valence-electron chi connectivity index (χ0n) is 9.25.